The zero-order valence-electron chi connectivity index (χ0n) is 10.6. The van der Waals surface area contributed by atoms with Crippen LogP contribution in [0.1, 0.15) is 40.5 Å². The van der Waals surface area contributed by atoms with Gasteiger partial charge in [-0.1, -0.05) is 0 Å². The van der Waals surface area contributed by atoms with Crippen molar-refractivity contribution in [3.63, 3.8) is 0 Å². The van der Waals surface area contributed by atoms with Gasteiger partial charge in [-0.25, -0.2) is 0 Å². The average Bonchev–Trinajstić information content (AvgIpc) is 2.17. The summed E-state index contributed by atoms with van der Waals surface area (Å²) >= 11 is 0. The molecule has 1 fully saturated rings. The molecule has 0 radical (unpaired) electrons. The third kappa shape index (κ3) is 4.09. The van der Waals surface area contributed by atoms with E-state index < -0.39 is 0 Å². The second-order valence-electron chi connectivity index (χ2n) is 5.68. The van der Waals surface area contributed by atoms with Crippen molar-refractivity contribution in [1.82, 2.24) is 10.2 Å². The molecule has 0 aliphatic carbocycles. The summed E-state index contributed by atoms with van der Waals surface area (Å²) in [6.07, 6.45) is 2.39. The van der Waals surface area contributed by atoms with Gasteiger partial charge in [0.05, 0.1) is 6.61 Å². The van der Waals surface area contributed by atoms with Crippen LogP contribution in [0.4, 0.5) is 0 Å². The van der Waals surface area contributed by atoms with Crippen molar-refractivity contribution in [3.8, 4) is 0 Å². The summed E-state index contributed by atoms with van der Waals surface area (Å²) in [5, 5.41) is 12.4. The second kappa shape index (κ2) is 5.28. The van der Waals surface area contributed by atoms with Gasteiger partial charge in [0.1, 0.15) is 0 Å². The predicted octanol–water partition coefficient (Wildman–Crippen LogP) is 1.22. The summed E-state index contributed by atoms with van der Waals surface area (Å²) in [4.78, 5) is 2.54. The quantitative estimate of drug-likeness (QED) is 0.741. The zero-order chi connectivity index (χ0) is 11.5. The molecule has 1 heterocycles. The van der Waals surface area contributed by atoms with Crippen molar-refractivity contribution in [2.75, 3.05) is 19.7 Å². The summed E-state index contributed by atoms with van der Waals surface area (Å²) in [7, 11) is 0. The fraction of sp³-hybridized carbons (Fsp3) is 1.00. The summed E-state index contributed by atoms with van der Waals surface area (Å²) in [6, 6.07) is 0.821. The van der Waals surface area contributed by atoms with Gasteiger partial charge in [0.2, 0.25) is 0 Å². The molecular weight excluding hydrogens is 188 g/mol. The molecule has 0 unspecified atom stereocenters. The Bertz CT molecular complexity index is 181. The Labute approximate surface area is 93.9 Å². The number of rotatable bonds is 3. The number of piperidine rings is 1. The predicted molar refractivity (Wildman–Crippen MR) is 64.0 cm³/mol. The van der Waals surface area contributed by atoms with Crippen molar-refractivity contribution in [1.29, 1.82) is 0 Å². The van der Waals surface area contributed by atoms with E-state index in [1.807, 2.05) is 6.92 Å². The Kier molecular flexibility index (Phi) is 4.56. The largest absolute Gasteiger partial charge is 0.395 e. The fourth-order valence-corrected chi connectivity index (χ4v) is 2.17. The molecule has 0 amide bonds. The Morgan fingerprint density at radius 1 is 1.33 bits per heavy atom. The maximum absolute atomic E-state index is 8.97. The van der Waals surface area contributed by atoms with Crippen LogP contribution in [-0.2, 0) is 0 Å². The van der Waals surface area contributed by atoms with E-state index in [-0.39, 0.29) is 12.6 Å². The van der Waals surface area contributed by atoms with Gasteiger partial charge in [-0.05, 0) is 40.5 Å². The first kappa shape index (κ1) is 12.9. The highest BCUT2D eigenvalue weighted by Gasteiger charge is 2.27. The smallest absolute Gasteiger partial charge is 0.0582 e. The molecule has 0 spiro atoms. The molecule has 0 saturated carbocycles. The van der Waals surface area contributed by atoms with Crippen molar-refractivity contribution >= 4 is 0 Å². The first-order valence-electron chi connectivity index (χ1n) is 6.05. The SMILES string of the molecule is C[C@H](CO)NC1CCN(C(C)(C)C)CC1. The standard InChI is InChI=1S/C12H26N2O/c1-10(9-15)13-11-5-7-14(8-6-11)12(2,3)4/h10-11,13,15H,5-9H2,1-4H3/t10-/m1/s1. The zero-order valence-corrected chi connectivity index (χ0v) is 10.6. The first-order chi connectivity index (χ1) is 6.93. The summed E-state index contributed by atoms with van der Waals surface area (Å²) in [6.45, 7) is 11.4. The highest BCUT2D eigenvalue weighted by atomic mass is 16.3. The third-order valence-corrected chi connectivity index (χ3v) is 3.24. The number of hydrogen-bond acceptors (Lipinski definition) is 3. The minimum atomic E-state index is 0.233. The van der Waals surface area contributed by atoms with Crippen molar-refractivity contribution < 1.29 is 5.11 Å². The number of aliphatic hydroxyl groups is 1. The van der Waals surface area contributed by atoms with Gasteiger partial charge in [-0.15, -0.1) is 0 Å². The first-order valence-corrected chi connectivity index (χ1v) is 6.05. The van der Waals surface area contributed by atoms with Crippen LogP contribution in [0.15, 0.2) is 0 Å². The highest BCUT2D eigenvalue weighted by Crippen LogP contribution is 2.20. The molecule has 1 rings (SSSR count). The summed E-state index contributed by atoms with van der Waals surface area (Å²) < 4.78 is 0. The van der Waals surface area contributed by atoms with Gasteiger partial charge >= 0.3 is 0 Å². The molecule has 0 aromatic carbocycles. The molecule has 2 N–H and O–H groups in total. The number of nitrogens with zero attached hydrogens (tertiary/aromatic N) is 1. The minimum Gasteiger partial charge on any atom is -0.395 e. The van der Waals surface area contributed by atoms with E-state index in [0.29, 0.717) is 11.6 Å². The van der Waals surface area contributed by atoms with Gasteiger partial charge in [-0.3, -0.25) is 4.90 Å². The summed E-state index contributed by atoms with van der Waals surface area (Å²) in [5.74, 6) is 0. The van der Waals surface area contributed by atoms with Crippen LogP contribution >= 0.6 is 0 Å². The molecule has 3 heteroatoms. The molecule has 3 nitrogen and oxygen atoms in total. The van der Waals surface area contributed by atoms with Gasteiger partial charge in [-0.2, -0.15) is 0 Å². The summed E-state index contributed by atoms with van der Waals surface area (Å²) in [5.41, 5.74) is 0.299. The van der Waals surface area contributed by atoms with Crippen LogP contribution in [0.2, 0.25) is 0 Å². The molecule has 0 aromatic heterocycles. The normalized spacial score (nSPS) is 23.0. The lowest BCUT2D eigenvalue weighted by Crippen LogP contribution is -2.51. The topological polar surface area (TPSA) is 35.5 Å². The van der Waals surface area contributed by atoms with E-state index in [2.05, 4.69) is 31.0 Å². The number of hydrogen-bond donors (Lipinski definition) is 2. The number of aliphatic hydroxyl groups excluding tert-OH is 1. The van der Waals surface area contributed by atoms with Crippen molar-refractivity contribution in [2.24, 2.45) is 0 Å². The Hall–Kier alpha value is -0.120. The van der Waals surface area contributed by atoms with Gasteiger partial charge in [0.15, 0.2) is 0 Å². The molecule has 15 heavy (non-hydrogen) atoms. The van der Waals surface area contributed by atoms with Crippen LogP contribution in [-0.4, -0.2) is 47.3 Å². The Morgan fingerprint density at radius 3 is 2.27 bits per heavy atom. The van der Waals surface area contributed by atoms with Gasteiger partial charge < -0.3 is 10.4 Å². The van der Waals surface area contributed by atoms with E-state index in [9.17, 15) is 0 Å². The lowest BCUT2D eigenvalue weighted by atomic mass is 9.97. The van der Waals surface area contributed by atoms with Crippen LogP contribution in [0.3, 0.4) is 0 Å². The molecule has 1 aliphatic rings. The minimum absolute atomic E-state index is 0.233. The maximum Gasteiger partial charge on any atom is 0.0582 e. The molecular formula is C12H26N2O. The van der Waals surface area contributed by atoms with Crippen molar-refractivity contribution in [3.05, 3.63) is 0 Å². The Morgan fingerprint density at radius 2 is 1.87 bits per heavy atom. The van der Waals surface area contributed by atoms with Crippen LogP contribution < -0.4 is 5.32 Å². The van der Waals surface area contributed by atoms with E-state index in [4.69, 9.17) is 5.11 Å². The number of nitrogens with one attached hydrogen (secondary N) is 1. The molecule has 90 valence electrons. The average molecular weight is 214 g/mol. The van der Waals surface area contributed by atoms with E-state index in [1.165, 1.54) is 25.9 Å². The third-order valence-electron chi connectivity index (χ3n) is 3.24. The van der Waals surface area contributed by atoms with Crippen LogP contribution in [0.25, 0.3) is 0 Å². The van der Waals surface area contributed by atoms with Gasteiger partial charge in [0.25, 0.3) is 0 Å². The number of likely N-dealkylation sites (tertiary alicyclic amines) is 1. The molecule has 0 bridgehead atoms. The lowest BCUT2D eigenvalue weighted by Gasteiger charge is -2.41. The van der Waals surface area contributed by atoms with Crippen LogP contribution in [0.5, 0.6) is 0 Å². The molecule has 1 aliphatic heterocycles. The molecule has 1 atom stereocenters. The van der Waals surface area contributed by atoms with Gasteiger partial charge in [0, 0.05) is 30.7 Å². The lowest BCUT2D eigenvalue weighted by molar-refractivity contribution is 0.0914. The molecule has 0 aromatic rings. The van der Waals surface area contributed by atoms with E-state index >= 15 is 0 Å². The van der Waals surface area contributed by atoms with Crippen molar-refractivity contribution in [2.45, 2.75) is 58.2 Å². The van der Waals surface area contributed by atoms with E-state index in [0.717, 1.165) is 0 Å². The second-order valence-corrected chi connectivity index (χ2v) is 5.68. The van der Waals surface area contributed by atoms with Crippen LogP contribution in [0, 0.1) is 0 Å². The maximum atomic E-state index is 8.97. The van der Waals surface area contributed by atoms with E-state index in [1.54, 1.807) is 0 Å². The molecule has 1 saturated heterocycles. The highest BCUT2D eigenvalue weighted by molar-refractivity contribution is 4.85. The fourth-order valence-electron chi connectivity index (χ4n) is 2.17. The monoisotopic (exact) mass is 214 g/mol. The Balaban J connectivity index is 2.30.